The molecular weight excluding hydrogens is 580 g/mol. The summed E-state index contributed by atoms with van der Waals surface area (Å²) in [5.41, 5.74) is 4.11. The Morgan fingerprint density at radius 1 is 0.978 bits per heavy atom. The average molecular weight is 632 g/mol. The van der Waals surface area contributed by atoms with Crippen LogP contribution in [0.4, 0.5) is 15.3 Å². The zero-order chi connectivity index (χ0) is 32.5. The van der Waals surface area contributed by atoms with Crippen molar-refractivity contribution in [3.63, 3.8) is 0 Å². The molecule has 10 nitrogen and oxygen atoms in total. The highest BCUT2D eigenvalue weighted by molar-refractivity contribution is 5.91. The van der Waals surface area contributed by atoms with Crippen LogP contribution in [0.2, 0.25) is 0 Å². The predicted octanol–water partition coefficient (Wildman–Crippen LogP) is 4.55. The number of piperidine rings is 2. The Kier molecular flexibility index (Phi) is 9.53. The molecule has 3 fully saturated rings. The standard InChI is InChI=1S/C36H50N6O4/c1-27-22-28(2)24-29(23-27)26-42(35(45)46)20-11-32(41-15-8-30-6-4-5-7-33(30)37-34(41)44)25-36(42,12-21-43)40-18-16-39(17-19-40)31-9-13-38(3)14-10-31/h4-7,21-24,31-32H,8-20,25-26H2,1-3H3,(H-,37,44,45,46)/p+1/t32?,36?,42-/m0/s1. The number of amides is 3. The largest absolute Gasteiger partial charge is 0.515 e. The van der Waals surface area contributed by atoms with E-state index < -0.39 is 11.8 Å². The van der Waals surface area contributed by atoms with E-state index >= 15 is 0 Å². The molecule has 0 aliphatic carbocycles. The second kappa shape index (κ2) is 13.4. The molecule has 2 unspecified atom stereocenters. The molecule has 4 aliphatic heterocycles. The number of quaternary nitrogens is 1. The summed E-state index contributed by atoms with van der Waals surface area (Å²) in [5, 5.41) is 14.4. The van der Waals surface area contributed by atoms with Gasteiger partial charge in [0, 0.05) is 68.9 Å². The van der Waals surface area contributed by atoms with Gasteiger partial charge >= 0.3 is 12.1 Å². The Labute approximate surface area is 273 Å². The fraction of sp³-hybridized carbons (Fsp3) is 0.583. The molecule has 4 aliphatic rings. The quantitative estimate of drug-likeness (QED) is 0.342. The molecular formula is C36H51N6O4+. The van der Waals surface area contributed by atoms with Gasteiger partial charge in [0.15, 0.2) is 5.66 Å². The maximum absolute atomic E-state index is 13.8. The molecule has 0 radical (unpaired) electrons. The maximum atomic E-state index is 13.8. The van der Waals surface area contributed by atoms with Crippen molar-refractivity contribution < 1.29 is 24.0 Å². The molecule has 248 valence electrons. The minimum atomic E-state index is -0.994. The van der Waals surface area contributed by atoms with Gasteiger partial charge in [-0.05, 0) is 64.9 Å². The molecule has 2 aromatic carbocycles. The molecule has 46 heavy (non-hydrogen) atoms. The van der Waals surface area contributed by atoms with Gasteiger partial charge in [-0.1, -0.05) is 47.5 Å². The Hall–Kier alpha value is -3.31. The highest BCUT2D eigenvalue weighted by atomic mass is 16.4. The molecule has 2 N–H and O–H groups in total. The first-order chi connectivity index (χ1) is 22.1. The summed E-state index contributed by atoms with van der Waals surface area (Å²) in [6.07, 6.45) is 4.13. The maximum Gasteiger partial charge on any atom is 0.515 e. The van der Waals surface area contributed by atoms with Gasteiger partial charge in [0.05, 0.1) is 13.0 Å². The van der Waals surface area contributed by atoms with Crippen LogP contribution in [-0.4, -0.2) is 125 Å². The number of anilines is 1. The number of carboxylic acid groups (broad SMARTS) is 1. The fourth-order valence-electron chi connectivity index (χ4n) is 9.06. The molecule has 0 spiro atoms. The number of likely N-dealkylation sites (tertiary alicyclic amines) is 2. The number of piperazine rings is 1. The molecule has 6 rings (SSSR count). The van der Waals surface area contributed by atoms with Crippen LogP contribution in [-0.2, 0) is 17.8 Å². The minimum Gasteiger partial charge on any atom is -0.435 e. The van der Waals surface area contributed by atoms with Gasteiger partial charge < -0.3 is 25.0 Å². The van der Waals surface area contributed by atoms with Crippen molar-refractivity contribution in [1.29, 1.82) is 0 Å². The second-order valence-corrected chi connectivity index (χ2v) is 14.2. The van der Waals surface area contributed by atoms with Gasteiger partial charge in [-0.25, -0.2) is 14.2 Å². The number of rotatable bonds is 7. The molecule has 0 aromatic heterocycles. The number of aryl methyl sites for hydroxylation is 2. The van der Waals surface area contributed by atoms with Crippen LogP contribution in [0, 0.1) is 13.8 Å². The number of para-hydroxylation sites is 1. The average Bonchev–Trinajstić information content (AvgIpc) is 3.20. The van der Waals surface area contributed by atoms with E-state index in [2.05, 4.69) is 51.3 Å². The van der Waals surface area contributed by atoms with Gasteiger partial charge in [0.2, 0.25) is 0 Å². The molecule has 3 amide bonds. The molecule has 0 bridgehead atoms. The number of aldehydes is 1. The van der Waals surface area contributed by atoms with Crippen LogP contribution < -0.4 is 5.32 Å². The molecule has 0 saturated carbocycles. The number of nitrogens with zero attached hydrogens (tertiary/aromatic N) is 5. The second-order valence-electron chi connectivity index (χ2n) is 14.2. The minimum absolute atomic E-state index is 0.102. The van der Waals surface area contributed by atoms with Crippen molar-refractivity contribution in [2.45, 2.75) is 76.7 Å². The van der Waals surface area contributed by atoms with E-state index in [-0.39, 0.29) is 23.0 Å². The number of nitrogens with one attached hydrogen (secondary N) is 1. The lowest BCUT2D eigenvalue weighted by Gasteiger charge is -2.59. The fourth-order valence-corrected chi connectivity index (χ4v) is 9.06. The Morgan fingerprint density at radius 3 is 2.35 bits per heavy atom. The highest BCUT2D eigenvalue weighted by Crippen LogP contribution is 2.45. The first-order valence-electron chi connectivity index (χ1n) is 17.1. The van der Waals surface area contributed by atoms with Crippen LogP contribution in [0.1, 0.15) is 54.4 Å². The van der Waals surface area contributed by atoms with Crippen molar-refractivity contribution in [1.82, 2.24) is 19.6 Å². The van der Waals surface area contributed by atoms with Gasteiger partial charge in [-0.15, -0.1) is 0 Å². The van der Waals surface area contributed by atoms with Crippen LogP contribution in [0.5, 0.6) is 0 Å². The molecule has 4 heterocycles. The summed E-state index contributed by atoms with van der Waals surface area (Å²) in [4.78, 5) is 49.5. The van der Waals surface area contributed by atoms with Crippen molar-refractivity contribution in [2.24, 2.45) is 0 Å². The molecule has 10 heteroatoms. The number of carbonyl (C=O) groups excluding carboxylic acids is 2. The number of benzene rings is 2. The smallest absolute Gasteiger partial charge is 0.435 e. The van der Waals surface area contributed by atoms with Crippen LogP contribution in [0.3, 0.4) is 0 Å². The van der Waals surface area contributed by atoms with Crippen LogP contribution in [0.25, 0.3) is 0 Å². The van der Waals surface area contributed by atoms with E-state index in [0.29, 0.717) is 51.6 Å². The van der Waals surface area contributed by atoms with Gasteiger partial charge in [0.25, 0.3) is 0 Å². The van der Waals surface area contributed by atoms with Crippen LogP contribution in [0.15, 0.2) is 42.5 Å². The third kappa shape index (κ3) is 6.20. The normalized spacial score (nSPS) is 28.7. The summed E-state index contributed by atoms with van der Waals surface area (Å²) in [6, 6.07) is 14.4. The predicted molar refractivity (Wildman–Crippen MR) is 179 cm³/mol. The van der Waals surface area contributed by atoms with Crippen LogP contribution >= 0.6 is 0 Å². The monoisotopic (exact) mass is 631 g/mol. The first-order valence-corrected chi connectivity index (χ1v) is 17.1. The topological polar surface area (TPSA) is 96.4 Å². The van der Waals surface area contributed by atoms with Gasteiger partial charge in [-0.2, -0.15) is 4.79 Å². The number of fused-ring (bicyclic) bond motifs is 1. The Morgan fingerprint density at radius 2 is 1.67 bits per heavy atom. The number of hydrogen-bond donors (Lipinski definition) is 2. The molecule has 3 atom stereocenters. The van der Waals surface area contributed by atoms with E-state index in [1.54, 1.807) is 0 Å². The zero-order valence-corrected chi connectivity index (χ0v) is 27.8. The van der Waals surface area contributed by atoms with Gasteiger partial charge in [-0.3, -0.25) is 4.90 Å². The molecule has 3 saturated heterocycles. The van der Waals surface area contributed by atoms with E-state index in [9.17, 15) is 19.5 Å². The SMILES string of the molecule is Cc1cc(C)cc(C[N@+]2(C(=O)O)CCC(N3CCc4ccccc4NC3=O)CC2(CC=O)N2CCN(C3CCN(C)CC3)CC2)c1. The van der Waals surface area contributed by atoms with E-state index in [1.807, 2.05) is 36.9 Å². The highest BCUT2D eigenvalue weighted by Gasteiger charge is 2.64. The van der Waals surface area contributed by atoms with Crippen molar-refractivity contribution in [3.05, 3.63) is 64.7 Å². The molecule has 2 aromatic rings. The van der Waals surface area contributed by atoms with E-state index in [1.165, 1.54) is 0 Å². The number of carbonyl (C=O) groups is 3. The number of urea groups is 1. The third-order valence-electron chi connectivity index (χ3n) is 11.4. The summed E-state index contributed by atoms with van der Waals surface area (Å²) >= 11 is 0. The lowest BCUT2D eigenvalue weighted by Crippen LogP contribution is -2.79. The first kappa shape index (κ1) is 32.6. The summed E-state index contributed by atoms with van der Waals surface area (Å²) in [6.45, 7) is 10.6. The Bertz CT molecular complexity index is 1420. The summed E-state index contributed by atoms with van der Waals surface area (Å²) < 4.78 is -0.227. The van der Waals surface area contributed by atoms with E-state index in [0.717, 1.165) is 79.7 Å². The third-order valence-corrected chi connectivity index (χ3v) is 11.4. The summed E-state index contributed by atoms with van der Waals surface area (Å²) in [5.74, 6) is 0. The number of hydrogen-bond acceptors (Lipinski definition) is 6. The van der Waals surface area contributed by atoms with Crippen molar-refractivity contribution >= 4 is 24.1 Å². The lowest BCUT2D eigenvalue weighted by molar-refractivity contribution is -0.942. The zero-order valence-electron chi connectivity index (χ0n) is 27.8. The van der Waals surface area contributed by atoms with Crippen molar-refractivity contribution in [2.75, 3.05) is 64.7 Å². The summed E-state index contributed by atoms with van der Waals surface area (Å²) in [7, 11) is 2.18. The van der Waals surface area contributed by atoms with Crippen molar-refractivity contribution in [3.8, 4) is 0 Å². The lowest BCUT2D eigenvalue weighted by atomic mass is 9.82. The van der Waals surface area contributed by atoms with E-state index in [4.69, 9.17) is 0 Å². The van der Waals surface area contributed by atoms with Gasteiger partial charge in [0.1, 0.15) is 12.8 Å². The Balaban J connectivity index is 1.35.